The highest BCUT2D eigenvalue weighted by atomic mass is 16.8. The lowest BCUT2D eigenvalue weighted by Crippen LogP contribution is -2.28. The lowest BCUT2D eigenvalue weighted by Gasteiger charge is -2.18. The van der Waals surface area contributed by atoms with Gasteiger partial charge in [0.15, 0.2) is 5.79 Å². The maximum absolute atomic E-state index is 6.01. The molecule has 0 bridgehead atoms. The minimum absolute atomic E-state index is 0.0769. The van der Waals surface area contributed by atoms with Crippen LogP contribution in [0.3, 0.4) is 0 Å². The first-order valence-electron chi connectivity index (χ1n) is 11.6. The van der Waals surface area contributed by atoms with Gasteiger partial charge in [0.05, 0.1) is 6.61 Å². The lowest BCUT2D eigenvalue weighted by molar-refractivity contribution is -0.168. The summed E-state index contributed by atoms with van der Waals surface area (Å²) < 4.78 is 23.4. The molecule has 0 radical (unpaired) electrons. The second-order valence-corrected chi connectivity index (χ2v) is 8.46. The van der Waals surface area contributed by atoms with Crippen molar-refractivity contribution in [1.82, 2.24) is 9.97 Å². The molecular formula is C25H36N2O4. The number of benzene rings is 1. The third kappa shape index (κ3) is 7.18. The highest BCUT2D eigenvalue weighted by Crippen LogP contribution is 2.32. The molecule has 1 aromatic carbocycles. The van der Waals surface area contributed by atoms with Gasteiger partial charge in [-0.15, -0.1) is 0 Å². The van der Waals surface area contributed by atoms with Crippen LogP contribution >= 0.6 is 0 Å². The predicted molar refractivity (Wildman–Crippen MR) is 121 cm³/mol. The van der Waals surface area contributed by atoms with Gasteiger partial charge >= 0.3 is 6.01 Å². The van der Waals surface area contributed by atoms with Crippen LogP contribution in [0.1, 0.15) is 72.6 Å². The van der Waals surface area contributed by atoms with Crippen LogP contribution in [0.5, 0.6) is 11.8 Å². The maximum Gasteiger partial charge on any atom is 0.316 e. The van der Waals surface area contributed by atoms with Crippen molar-refractivity contribution in [3.05, 3.63) is 36.7 Å². The Morgan fingerprint density at radius 3 is 2.23 bits per heavy atom. The van der Waals surface area contributed by atoms with Gasteiger partial charge in [-0.1, -0.05) is 58.1 Å². The Bertz CT molecular complexity index is 777. The van der Waals surface area contributed by atoms with E-state index in [1.807, 2.05) is 38.1 Å². The molecule has 3 rings (SSSR count). The summed E-state index contributed by atoms with van der Waals surface area (Å²) in [5.41, 5.74) is 1.96. The van der Waals surface area contributed by atoms with Crippen molar-refractivity contribution in [2.75, 3.05) is 6.61 Å². The predicted octanol–water partition coefficient (Wildman–Crippen LogP) is 6.15. The van der Waals surface area contributed by atoms with E-state index in [4.69, 9.17) is 18.9 Å². The van der Waals surface area contributed by atoms with Crippen LogP contribution in [0, 0.1) is 0 Å². The average molecular weight is 429 g/mol. The first kappa shape index (κ1) is 23.5. The van der Waals surface area contributed by atoms with Crippen molar-refractivity contribution in [2.45, 2.75) is 90.8 Å². The maximum atomic E-state index is 6.01. The van der Waals surface area contributed by atoms with Gasteiger partial charge in [0, 0.05) is 18.0 Å². The standard InChI is InChI=1S/C25H36N2O4/c1-5-7-8-9-10-11-16-28-24-26-17-20(18-27-24)19-12-14-21(15-13-19)29-23-22(6-2)30-25(3,4)31-23/h12-15,17-18,22-23H,5-11,16H2,1-4H3. The molecule has 0 aliphatic carbocycles. The van der Waals surface area contributed by atoms with Gasteiger partial charge < -0.3 is 18.9 Å². The Balaban J connectivity index is 1.47. The molecular weight excluding hydrogens is 392 g/mol. The van der Waals surface area contributed by atoms with Crippen molar-refractivity contribution in [1.29, 1.82) is 0 Å². The van der Waals surface area contributed by atoms with E-state index in [2.05, 4.69) is 23.8 Å². The van der Waals surface area contributed by atoms with Crippen molar-refractivity contribution >= 4 is 0 Å². The summed E-state index contributed by atoms with van der Waals surface area (Å²) in [6, 6.07) is 8.28. The van der Waals surface area contributed by atoms with Crippen molar-refractivity contribution in [2.24, 2.45) is 0 Å². The number of unbranched alkanes of at least 4 members (excludes halogenated alkanes) is 5. The molecule has 2 atom stereocenters. The molecule has 6 heteroatoms. The fourth-order valence-electron chi connectivity index (χ4n) is 3.62. The first-order valence-corrected chi connectivity index (χ1v) is 11.6. The summed E-state index contributed by atoms with van der Waals surface area (Å²) in [6.45, 7) is 8.78. The lowest BCUT2D eigenvalue weighted by atomic mass is 10.1. The second kappa shape index (κ2) is 11.4. The van der Waals surface area contributed by atoms with Crippen LogP contribution in [-0.4, -0.2) is 34.8 Å². The van der Waals surface area contributed by atoms with E-state index < -0.39 is 12.1 Å². The number of rotatable bonds is 12. The molecule has 0 N–H and O–H groups in total. The van der Waals surface area contributed by atoms with Crippen LogP contribution < -0.4 is 9.47 Å². The summed E-state index contributed by atoms with van der Waals surface area (Å²) in [5, 5.41) is 0. The monoisotopic (exact) mass is 428 g/mol. The third-order valence-electron chi connectivity index (χ3n) is 5.34. The fourth-order valence-corrected chi connectivity index (χ4v) is 3.62. The first-order chi connectivity index (χ1) is 15.0. The molecule has 1 saturated heterocycles. The Hall–Kier alpha value is -2.18. The number of hydrogen-bond acceptors (Lipinski definition) is 6. The van der Waals surface area contributed by atoms with Gasteiger partial charge in [0.1, 0.15) is 11.9 Å². The molecule has 1 aliphatic heterocycles. The Morgan fingerprint density at radius 1 is 0.871 bits per heavy atom. The van der Waals surface area contributed by atoms with E-state index in [1.54, 1.807) is 12.4 Å². The number of nitrogens with zero attached hydrogens (tertiary/aromatic N) is 2. The molecule has 0 spiro atoms. The number of hydrogen-bond donors (Lipinski definition) is 0. The van der Waals surface area contributed by atoms with Crippen molar-refractivity contribution < 1.29 is 18.9 Å². The van der Waals surface area contributed by atoms with Gasteiger partial charge in [-0.25, -0.2) is 9.97 Å². The minimum Gasteiger partial charge on any atom is -0.463 e. The van der Waals surface area contributed by atoms with Gasteiger partial charge in [0.2, 0.25) is 6.29 Å². The molecule has 0 saturated carbocycles. The Kier molecular flexibility index (Phi) is 8.67. The van der Waals surface area contributed by atoms with Gasteiger partial charge in [-0.05, 0) is 44.4 Å². The van der Waals surface area contributed by atoms with Crippen LogP contribution in [0.25, 0.3) is 11.1 Å². The average Bonchev–Trinajstić information content (AvgIpc) is 3.07. The number of aromatic nitrogens is 2. The normalized spacial score (nSPS) is 20.0. The largest absolute Gasteiger partial charge is 0.463 e. The minimum atomic E-state index is -0.624. The summed E-state index contributed by atoms with van der Waals surface area (Å²) >= 11 is 0. The summed E-state index contributed by atoms with van der Waals surface area (Å²) in [6.07, 6.45) is 11.3. The van der Waals surface area contributed by atoms with Crippen molar-refractivity contribution in [3.8, 4) is 22.9 Å². The number of ether oxygens (including phenoxy) is 4. The zero-order valence-corrected chi connectivity index (χ0v) is 19.3. The molecule has 31 heavy (non-hydrogen) atoms. The summed E-state index contributed by atoms with van der Waals surface area (Å²) in [7, 11) is 0. The van der Waals surface area contributed by atoms with Gasteiger partial charge in [0.25, 0.3) is 0 Å². The van der Waals surface area contributed by atoms with E-state index in [1.165, 1.54) is 32.1 Å². The summed E-state index contributed by atoms with van der Waals surface area (Å²) in [4.78, 5) is 8.69. The molecule has 170 valence electrons. The topological polar surface area (TPSA) is 62.7 Å². The van der Waals surface area contributed by atoms with E-state index in [0.717, 1.165) is 29.7 Å². The van der Waals surface area contributed by atoms with Gasteiger partial charge in [-0.2, -0.15) is 0 Å². The Labute approximate surface area is 186 Å². The van der Waals surface area contributed by atoms with Crippen LogP contribution in [0.4, 0.5) is 0 Å². The van der Waals surface area contributed by atoms with Crippen molar-refractivity contribution in [3.63, 3.8) is 0 Å². The molecule has 2 unspecified atom stereocenters. The molecule has 6 nitrogen and oxygen atoms in total. The van der Waals surface area contributed by atoms with Gasteiger partial charge in [-0.3, -0.25) is 0 Å². The van der Waals surface area contributed by atoms with Crippen LogP contribution in [0.15, 0.2) is 36.7 Å². The quantitative estimate of drug-likeness (QED) is 0.378. The fraction of sp³-hybridized carbons (Fsp3) is 0.600. The SMILES string of the molecule is CCCCCCCCOc1ncc(-c2ccc(OC3OC(C)(C)OC3CC)cc2)cn1. The van der Waals surface area contributed by atoms with Crippen LogP contribution in [0.2, 0.25) is 0 Å². The van der Waals surface area contributed by atoms with E-state index in [9.17, 15) is 0 Å². The molecule has 2 heterocycles. The smallest absolute Gasteiger partial charge is 0.316 e. The molecule has 2 aromatic rings. The Morgan fingerprint density at radius 2 is 1.55 bits per heavy atom. The molecule has 1 aromatic heterocycles. The molecule has 1 fully saturated rings. The second-order valence-electron chi connectivity index (χ2n) is 8.46. The van der Waals surface area contributed by atoms with E-state index in [0.29, 0.717) is 12.6 Å². The zero-order valence-electron chi connectivity index (χ0n) is 19.3. The van der Waals surface area contributed by atoms with Crippen LogP contribution in [-0.2, 0) is 9.47 Å². The molecule has 1 aliphatic rings. The molecule has 0 amide bonds. The van der Waals surface area contributed by atoms with E-state index >= 15 is 0 Å². The highest BCUT2D eigenvalue weighted by Gasteiger charge is 2.41. The highest BCUT2D eigenvalue weighted by molar-refractivity contribution is 5.62. The third-order valence-corrected chi connectivity index (χ3v) is 5.34. The zero-order chi connectivity index (χ0) is 22.1. The van der Waals surface area contributed by atoms with E-state index in [-0.39, 0.29) is 6.10 Å². The summed E-state index contributed by atoms with van der Waals surface area (Å²) in [5.74, 6) is 0.120.